The summed E-state index contributed by atoms with van der Waals surface area (Å²) < 4.78 is 10.0. The molecule has 0 amide bonds. The Hall–Kier alpha value is -4.17. The van der Waals surface area contributed by atoms with Crippen molar-refractivity contribution in [3.05, 3.63) is 75.6 Å². The van der Waals surface area contributed by atoms with Crippen LogP contribution in [0.15, 0.2) is 53.5 Å². The Labute approximate surface area is 171 Å². The maximum atomic E-state index is 12.0. The average molecular weight is 410 g/mol. The Morgan fingerprint density at radius 3 is 2.03 bits per heavy atom. The molecule has 1 aromatic heterocycles. The van der Waals surface area contributed by atoms with Crippen LogP contribution >= 0.6 is 0 Å². The van der Waals surface area contributed by atoms with Crippen molar-refractivity contribution >= 4 is 29.0 Å². The molecule has 0 aliphatic heterocycles. The summed E-state index contributed by atoms with van der Waals surface area (Å²) in [6, 6.07) is 8.67. The van der Waals surface area contributed by atoms with Crippen molar-refractivity contribution in [2.75, 3.05) is 13.2 Å². The van der Waals surface area contributed by atoms with Gasteiger partial charge in [-0.25, -0.2) is 9.59 Å². The van der Waals surface area contributed by atoms with Gasteiger partial charge in [0, 0.05) is 16.8 Å². The predicted octanol–water partition coefficient (Wildman–Crippen LogP) is 3.92. The maximum Gasteiger partial charge on any atom is 0.339 e. The molecular formula is C20H18N4O6. The van der Waals surface area contributed by atoms with Crippen molar-refractivity contribution in [2.45, 2.75) is 13.8 Å². The normalized spacial score (nSPS) is 11.0. The Morgan fingerprint density at radius 2 is 1.57 bits per heavy atom. The molecule has 0 fully saturated rings. The Balaban J connectivity index is 1.86. The van der Waals surface area contributed by atoms with Crippen LogP contribution in [0.2, 0.25) is 0 Å². The molecule has 10 heteroatoms. The van der Waals surface area contributed by atoms with E-state index in [1.165, 1.54) is 56.4 Å². The number of nitrogens with zero attached hydrogens (tertiary/aromatic N) is 4. The van der Waals surface area contributed by atoms with Gasteiger partial charge in [-0.3, -0.25) is 9.78 Å². The molecular weight excluding hydrogens is 392 g/mol. The molecule has 154 valence electrons. The van der Waals surface area contributed by atoms with Gasteiger partial charge in [0.25, 0.3) is 0 Å². The van der Waals surface area contributed by atoms with Gasteiger partial charge in [0.05, 0.1) is 22.4 Å². The van der Waals surface area contributed by atoms with Crippen molar-refractivity contribution in [1.29, 1.82) is 0 Å². The van der Waals surface area contributed by atoms with Crippen molar-refractivity contribution in [1.82, 2.24) is 4.98 Å². The molecule has 0 bridgehead atoms. The predicted molar refractivity (Wildman–Crippen MR) is 106 cm³/mol. The molecule has 2 aromatic rings. The fourth-order valence-corrected chi connectivity index (χ4v) is 2.43. The molecule has 2 rings (SSSR count). The molecule has 1 N–H and O–H groups in total. The smallest absolute Gasteiger partial charge is 0.339 e. The maximum absolute atomic E-state index is 12.0. The minimum atomic E-state index is -0.683. The lowest BCUT2D eigenvalue weighted by molar-refractivity contribution is -0.111. The third kappa shape index (κ3) is 5.91. The number of ketones is 1. The third-order valence-corrected chi connectivity index (χ3v) is 3.78. The highest BCUT2D eigenvalue weighted by molar-refractivity contribution is 6.19. The molecule has 0 saturated heterocycles. The lowest BCUT2D eigenvalue weighted by atomic mass is 10.1. The summed E-state index contributed by atoms with van der Waals surface area (Å²) in [4.78, 5) is 42.2. The number of rotatable bonds is 8. The summed E-state index contributed by atoms with van der Waals surface area (Å²) in [5.41, 5.74) is 9.40. The Bertz CT molecular complexity index is 1020. The topological polar surface area (TPSA) is 152 Å². The number of aromatic nitrogens is 1. The Morgan fingerprint density at radius 1 is 1.00 bits per heavy atom. The molecule has 0 radical (unpaired) electrons. The second-order valence-electron chi connectivity index (χ2n) is 5.96. The molecule has 0 atom stereocenters. The first kappa shape index (κ1) is 22.1. The lowest BCUT2D eigenvalue weighted by Crippen LogP contribution is -2.14. The summed E-state index contributed by atoms with van der Waals surface area (Å²) in [6.07, 6.45) is 1.22. The summed E-state index contributed by atoms with van der Waals surface area (Å²) in [5, 5.41) is 13.0. The van der Waals surface area contributed by atoms with E-state index in [-0.39, 0.29) is 47.2 Å². The number of carbonyl (C=O) groups excluding carboxylic acids is 3. The fourth-order valence-electron chi connectivity index (χ4n) is 2.43. The van der Waals surface area contributed by atoms with E-state index in [1.807, 2.05) is 0 Å². The van der Waals surface area contributed by atoms with Crippen molar-refractivity contribution in [2.24, 2.45) is 5.11 Å². The van der Waals surface area contributed by atoms with E-state index in [9.17, 15) is 19.5 Å². The fraction of sp³-hybridized carbons (Fsp3) is 0.200. The first-order valence-corrected chi connectivity index (χ1v) is 8.70. The van der Waals surface area contributed by atoms with Gasteiger partial charge in [-0.1, -0.05) is 17.2 Å². The van der Waals surface area contributed by atoms with Gasteiger partial charge in [0.2, 0.25) is 0 Å². The van der Waals surface area contributed by atoms with Crippen LogP contribution in [0.3, 0.4) is 0 Å². The second kappa shape index (κ2) is 10.4. The zero-order valence-electron chi connectivity index (χ0n) is 16.2. The molecule has 0 aliphatic rings. The number of benzene rings is 1. The van der Waals surface area contributed by atoms with Crippen LogP contribution in [0.4, 0.5) is 5.69 Å². The van der Waals surface area contributed by atoms with Crippen LogP contribution in [-0.2, 0) is 14.3 Å². The van der Waals surface area contributed by atoms with E-state index in [1.54, 1.807) is 0 Å². The van der Waals surface area contributed by atoms with Gasteiger partial charge in [-0.15, -0.1) is 0 Å². The quantitative estimate of drug-likeness (QED) is 0.132. The number of aliphatic hydroxyl groups excluding tert-OH is 1. The monoisotopic (exact) mass is 410 g/mol. The number of aliphatic hydroxyl groups is 1. The summed E-state index contributed by atoms with van der Waals surface area (Å²) in [6.45, 7) is 2.35. The van der Waals surface area contributed by atoms with Gasteiger partial charge < -0.3 is 14.6 Å². The van der Waals surface area contributed by atoms with E-state index < -0.39 is 11.9 Å². The first-order chi connectivity index (χ1) is 14.3. The SMILES string of the molecule is CC(=O)/C(=C(/C)O)c1ccc(C(=O)OCCOC(=O)c2ccc(N=[N+]=[N-])cc2)cn1. The highest BCUT2D eigenvalue weighted by Crippen LogP contribution is 2.17. The third-order valence-electron chi connectivity index (χ3n) is 3.78. The molecule has 0 aliphatic carbocycles. The molecule has 0 unspecified atom stereocenters. The van der Waals surface area contributed by atoms with Crippen molar-refractivity contribution in [3.63, 3.8) is 0 Å². The highest BCUT2D eigenvalue weighted by atomic mass is 16.6. The van der Waals surface area contributed by atoms with Gasteiger partial charge in [0.1, 0.15) is 19.0 Å². The standard InChI is InChI=1S/C20H18N4O6/c1-12(25)18(13(2)26)17-8-5-15(11-22-17)20(28)30-10-9-29-19(27)14-3-6-16(7-4-14)23-24-21/h3-8,11,25H,9-10H2,1-2H3/b18-12+. The van der Waals surface area contributed by atoms with E-state index in [0.29, 0.717) is 5.69 Å². The van der Waals surface area contributed by atoms with E-state index in [0.717, 1.165) is 0 Å². The zero-order chi connectivity index (χ0) is 22.1. The molecule has 1 heterocycles. The van der Waals surface area contributed by atoms with Crippen LogP contribution in [0.5, 0.6) is 0 Å². The van der Waals surface area contributed by atoms with E-state index in [2.05, 4.69) is 15.0 Å². The van der Waals surface area contributed by atoms with Crippen LogP contribution in [0, 0.1) is 0 Å². The molecule has 0 saturated carbocycles. The minimum Gasteiger partial charge on any atom is -0.512 e. The van der Waals surface area contributed by atoms with E-state index in [4.69, 9.17) is 15.0 Å². The van der Waals surface area contributed by atoms with Crippen LogP contribution < -0.4 is 0 Å². The lowest BCUT2D eigenvalue weighted by Gasteiger charge is -2.08. The van der Waals surface area contributed by atoms with Crippen molar-refractivity contribution < 1.29 is 29.0 Å². The average Bonchev–Trinajstić information content (AvgIpc) is 2.71. The number of hydrogen-bond donors (Lipinski definition) is 1. The number of carbonyl (C=O) groups is 3. The number of allylic oxidation sites excluding steroid dienone is 2. The van der Waals surface area contributed by atoms with Crippen LogP contribution in [0.1, 0.15) is 40.3 Å². The zero-order valence-corrected chi connectivity index (χ0v) is 16.2. The minimum absolute atomic E-state index is 0.0642. The second-order valence-corrected chi connectivity index (χ2v) is 5.96. The molecule has 10 nitrogen and oxygen atoms in total. The largest absolute Gasteiger partial charge is 0.512 e. The van der Waals surface area contributed by atoms with Gasteiger partial charge >= 0.3 is 11.9 Å². The summed E-state index contributed by atoms with van der Waals surface area (Å²) in [5.74, 6) is -1.82. The molecule has 0 spiro atoms. The van der Waals surface area contributed by atoms with Gasteiger partial charge in [0.15, 0.2) is 5.78 Å². The number of pyridine rings is 1. The van der Waals surface area contributed by atoms with Crippen LogP contribution in [0.25, 0.3) is 16.0 Å². The Kier molecular flexibility index (Phi) is 7.67. The number of Topliss-reactive ketones (excluding diaryl/α,β-unsaturated/α-hetero) is 1. The van der Waals surface area contributed by atoms with Gasteiger partial charge in [-0.2, -0.15) is 0 Å². The number of azide groups is 1. The molecule has 30 heavy (non-hydrogen) atoms. The van der Waals surface area contributed by atoms with Gasteiger partial charge in [-0.05, 0) is 43.6 Å². The highest BCUT2D eigenvalue weighted by Gasteiger charge is 2.15. The van der Waals surface area contributed by atoms with Crippen LogP contribution in [-0.4, -0.2) is 41.0 Å². The van der Waals surface area contributed by atoms with E-state index >= 15 is 0 Å². The summed E-state index contributed by atoms with van der Waals surface area (Å²) >= 11 is 0. The number of hydrogen-bond acceptors (Lipinski definition) is 8. The van der Waals surface area contributed by atoms with Crippen molar-refractivity contribution in [3.8, 4) is 0 Å². The number of esters is 2. The first-order valence-electron chi connectivity index (χ1n) is 8.70. The molecule has 1 aromatic carbocycles. The number of ether oxygens (including phenoxy) is 2. The summed E-state index contributed by atoms with van der Waals surface area (Å²) in [7, 11) is 0.